The van der Waals surface area contributed by atoms with Crippen LogP contribution in [0.15, 0.2) is 46.3 Å². The number of para-hydroxylation sites is 1. The summed E-state index contributed by atoms with van der Waals surface area (Å²) in [6, 6.07) is 9.32. The van der Waals surface area contributed by atoms with Crippen LogP contribution >= 0.6 is 23.2 Å². The van der Waals surface area contributed by atoms with Gasteiger partial charge in [0.05, 0.1) is 28.7 Å². The highest BCUT2D eigenvalue weighted by Gasteiger charge is 2.18. The van der Waals surface area contributed by atoms with Gasteiger partial charge in [0.15, 0.2) is 0 Å². The number of carbonyl (C=O) groups is 1. The minimum absolute atomic E-state index is 0.0264. The third-order valence-electron chi connectivity index (χ3n) is 3.58. The molecule has 9 heteroatoms. The van der Waals surface area contributed by atoms with Gasteiger partial charge in [0.2, 0.25) is 5.82 Å². The van der Waals surface area contributed by atoms with E-state index < -0.39 is 11.5 Å². The van der Waals surface area contributed by atoms with Crippen molar-refractivity contribution in [1.82, 2.24) is 9.66 Å². The Kier molecular flexibility index (Phi) is 5.43. The highest BCUT2D eigenvalue weighted by Crippen LogP contribution is 2.30. The molecule has 0 radical (unpaired) electrons. The van der Waals surface area contributed by atoms with E-state index in [-0.39, 0.29) is 39.2 Å². The van der Waals surface area contributed by atoms with E-state index in [1.807, 2.05) is 0 Å². The average Bonchev–Trinajstić information content (AvgIpc) is 2.64. The molecular formula is C18H13Cl2N3O4. The van der Waals surface area contributed by atoms with E-state index in [2.05, 4.69) is 10.1 Å². The molecule has 7 nitrogen and oxygen atoms in total. The molecule has 138 valence electrons. The summed E-state index contributed by atoms with van der Waals surface area (Å²) in [4.78, 5) is 29.2. The average molecular weight is 406 g/mol. The Hall–Kier alpha value is -2.90. The van der Waals surface area contributed by atoms with Gasteiger partial charge in [0.1, 0.15) is 5.75 Å². The van der Waals surface area contributed by atoms with Crippen LogP contribution in [0, 0.1) is 0 Å². The molecule has 0 amide bonds. The fraction of sp³-hybridized carbons (Fsp3) is 0.111. The van der Waals surface area contributed by atoms with Crippen LogP contribution < -0.4 is 5.56 Å². The van der Waals surface area contributed by atoms with Crippen LogP contribution in [0.5, 0.6) is 5.75 Å². The van der Waals surface area contributed by atoms with Crippen LogP contribution in [-0.4, -0.2) is 33.6 Å². The van der Waals surface area contributed by atoms with E-state index in [1.165, 1.54) is 12.1 Å². The van der Waals surface area contributed by atoms with Crippen LogP contribution in [0.4, 0.5) is 0 Å². The van der Waals surface area contributed by atoms with Crippen molar-refractivity contribution in [1.29, 1.82) is 0 Å². The minimum Gasteiger partial charge on any atom is -0.506 e. The largest absolute Gasteiger partial charge is 0.506 e. The van der Waals surface area contributed by atoms with E-state index >= 15 is 0 Å². The summed E-state index contributed by atoms with van der Waals surface area (Å²) in [6.45, 7) is 1.74. The third-order valence-corrected chi connectivity index (χ3v) is 4.09. The summed E-state index contributed by atoms with van der Waals surface area (Å²) in [6.07, 6.45) is 1.16. The summed E-state index contributed by atoms with van der Waals surface area (Å²) >= 11 is 11.8. The summed E-state index contributed by atoms with van der Waals surface area (Å²) in [5.74, 6) is -1.35. The van der Waals surface area contributed by atoms with E-state index in [0.717, 1.165) is 10.9 Å². The molecule has 3 aromatic rings. The zero-order chi connectivity index (χ0) is 19.6. The Bertz CT molecular complexity index is 1130. The van der Waals surface area contributed by atoms with Crippen molar-refractivity contribution in [3.05, 3.63) is 68.2 Å². The molecule has 0 atom stereocenters. The van der Waals surface area contributed by atoms with Gasteiger partial charge in [-0.1, -0.05) is 35.3 Å². The highest BCUT2D eigenvalue weighted by atomic mass is 35.5. The summed E-state index contributed by atoms with van der Waals surface area (Å²) in [5, 5.41) is 14.6. The molecule has 0 fully saturated rings. The van der Waals surface area contributed by atoms with Crippen LogP contribution in [-0.2, 0) is 4.74 Å². The molecule has 0 saturated carbocycles. The second kappa shape index (κ2) is 7.77. The molecule has 1 heterocycles. The van der Waals surface area contributed by atoms with Crippen LogP contribution in [0.3, 0.4) is 0 Å². The second-order valence-corrected chi connectivity index (χ2v) is 6.20. The first kappa shape index (κ1) is 18.9. The molecule has 0 unspecified atom stereocenters. The lowest BCUT2D eigenvalue weighted by Crippen LogP contribution is -2.26. The molecule has 0 saturated heterocycles. The van der Waals surface area contributed by atoms with Gasteiger partial charge < -0.3 is 9.84 Å². The van der Waals surface area contributed by atoms with Crippen molar-refractivity contribution in [3.63, 3.8) is 0 Å². The molecule has 3 rings (SSSR count). The van der Waals surface area contributed by atoms with E-state index in [1.54, 1.807) is 31.2 Å². The maximum atomic E-state index is 12.8. The lowest BCUT2D eigenvalue weighted by Gasteiger charge is -2.08. The van der Waals surface area contributed by atoms with Crippen LogP contribution in [0.25, 0.3) is 10.9 Å². The van der Waals surface area contributed by atoms with E-state index in [9.17, 15) is 14.7 Å². The second-order valence-electron chi connectivity index (χ2n) is 5.36. The topological polar surface area (TPSA) is 93.8 Å². The molecule has 0 aliphatic carbocycles. The number of hydrogen-bond acceptors (Lipinski definition) is 6. The Balaban J connectivity index is 2.20. The van der Waals surface area contributed by atoms with Crippen molar-refractivity contribution >= 4 is 46.3 Å². The zero-order valence-corrected chi connectivity index (χ0v) is 15.5. The normalized spacial score (nSPS) is 11.2. The van der Waals surface area contributed by atoms with E-state index in [0.29, 0.717) is 5.52 Å². The minimum atomic E-state index is -0.800. The molecule has 1 N–H and O–H groups in total. The highest BCUT2D eigenvalue weighted by molar-refractivity contribution is 6.36. The number of nitrogens with zero attached hydrogens (tertiary/aromatic N) is 3. The van der Waals surface area contributed by atoms with E-state index in [4.69, 9.17) is 27.9 Å². The molecule has 1 aromatic heterocycles. The first-order valence-electron chi connectivity index (χ1n) is 7.83. The SMILES string of the molecule is CCOC(=O)c1nc2ccccc2c(=O)n1N=Cc1cc(Cl)cc(Cl)c1O. The van der Waals surface area contributed by atoms with Gasteiger partial charge in [-0.25, -0.2) is 9.78 Å². The van der Waals surface area contributed by atoms with Gasteiger partial charge >= 0.3 is 5.97 Å². The summed E-state index contributed by atoms with van der Waals surface area (Å²) in [7, 11) is 0. The molecule has 0 aliphatic rings. The summed E-state index contributed by atoms with van der Waals surface area (Å²) < 4.78 is 5.77. The summed E-state index contributed by atoms with van der Waals surface area (Å²) in [5.41, 5.74) is -0.0551. The lowest BCUT2D eigenvalue weighted by molar-refractivity contribution is 0.0505. The predicted molar refractivity (Wildman–Crippen MR) is 103 cm³/mol. The fourth-order valence-corrected chi connectivity index (χ4v) is 2.87. The van der Waals surface area contributed by atoms with Gasteiger partial charge in [0, 0.05) is 10.6 Å². The Morgan fingerprint density at radius 1 is 1.33 bits per heavy atom. The molecule has 27 heavy (non-hydrogen) atoms. The number of aromatic nitrogens is 2. The molecule has 0 spiro atoms. The standard InChI is InChI=1S/C18H13Cl2N3O4/c1-2-27-18(26)16-22-14-6-4-3-5-12(14)17(25)23(16)21-9-10-7-11(19)8-13(20)15(10)24/h3-9,24H,2H2,1H3. The van der Waals surface area contributed by atoms with Gasteiger partial charge in [-0.15, -0.1) is 0 Å². The predicted octanol–water partition coefficient (Wildman–Crippen LogP) is 3.47. The fourth-order valence-electron chi connectivity index (χ4n) is 2.36. The first-order valence-corrected chi connectivity index (χ1v) is 8.59. The number of halogens is 2. The Morgan fingerprint density at radius 2 is 2.07 bits per heavy atom. The van der Waals surface area contributed by atoms with Gasteiger partial charge in [-0.3, -0.25) is 4.79 Å². The molecule has 2 aromatic carbocycles. The van der Waals surface area contributed by atoms with Crippen LogP contribution in [0.1, 0.15) is 23.1 Å². The van der Waals surface area contributed by atoms with Gasteiger partial charge in [-0.2, -0.15) is 9.78 Å². The number of rotatable bonds is 4. The van der Waals surface area contributed by atoms with Crippen molar-refractivity contribution in [2.45, 2.75) is 6.92 Å². The van der Waals surface area contributed by atoms with Crippen molar-refractivity contribution in [2.75, 3.05) is 6.61 Å². The number of hydrogen-bond donors (Lipinski definition) is 1. The molecular weight excluding hydrogens is 393 g/mol. The third kappa shape index (κ3) is 3.79. The number of aromatic hydroxyl groups is 1. The number of carbonyl (C=O) groups excluding carboxylic acids is 1. The Labute approximate surface area is 163 Å². The lowest BCUT2D eigenvalue weighted by atomic mass is 10.2. The van der Waals surface area contributed by atoms with Gasteiger partial charge in [-0.05, 0) is 31.2 Å². The van der Waals surface area contributed by atoms with Crippen molar-refractivity contribution < 1.29 is 14.6 Å². The number of benzene rings is 2. The molecule has 0 aliphatic heterocycles. The molecule has 0 bridgehead atoms. The van der Waals surface area contributed by atoms with Crippen molar-refractivity contribution in [2.24, 2.45) is 5.10 Å². The maximum Gasteiger partial charge on any atom is 0.376 e. The number of phenols is 1. The number of phenolic OH excluding ortho intramolecular Hbond substituents is 1. The van der Waals surface area contributed by atoms with Gasteiger partial charge in [0.25, 0.3) is 5.56 Å². The first-order chi connectivity index (χ1) is 12.9. The quantitative estimate of drug-likeness (QED) is 0.529. The maximum absolute atomic E-state index is 12.8. The Morgan fingerprint density at radius 3 is 2.81 bits per heavy atom. The smallest absolute Gasteiger partial charge is 0.376 e. The number of fused-ring (bicyclic) bond motifs is 1. The monoisotopic (exact) mass is 405 g/mol. The number of ether oxygens (including phenoxy) is 1. The van der Waals surface area contributed by atoms with Crippen LogP contribution in [0.2, 0.25) is 10.0 Å². The van der Waals surface area contributed by atoms with Crippen molar-refractivity contribution in [3.8, 4) is 5.75 Å². The number of esters is 1. The zero-order valence-electron chi connectivity index (χ0n) is 14.0.